The van der Waals surface area contributed by atoms with Crippen LogP contribution in [0.2, 0.25) is 5.02 Å². The van der Waals surface area contributed by atoms with E-state index >= 15 is 0 Å². The number of carbonyl (C=O) groups excluding carboxylic acids is 4. The van der Waals surface area contributed by atoms with Crippen molar-refractivity contribution in [3.05, 3.63) is 57.5 Å². The molecule has 2 aliphatic rings. The number of aryl methyl sites for hydroxylation is 1. The molecule has 11 heteroatoms. The average Bonchev–Trinajstić information content (AvgIpc) is 3.51. The van der Waals surface area contributed by atoms with E-state index in [2.05, 4.69) is 5.32 Å². The fourth-order valence-electron chi connectivity index (χ4n) is 4.00. The average molecular weight is 558 g/mol. The van der Waals surface area contributed by atoms with Crippen LogP contribution in [0, 0.1) is 6.92 Å². The topological polar surface area (TPSA) is 105 Å². The molecule has 2 aliphatic heterocycles. The Kier molecular flexibility index (Phi) is 8.96. The molecule has 2 aromatic carbocycles. The van der Waals surface area contributed by atoms with Crippen LogP contribution in [0.4, 0.5) is 10.5 Å². The van der Waals surface area contributed by atoms with Crippen molar-refractivity contribution >= 4 is 58.1 Å². The maximum absolute atomic E-state index is 12.9. The third-order valence-corrected chi connectivity index (χ3v) is 7.32. The summed E-state index contributed by atoms with van der Waals surface area (Å²) in [5, 5.41) is 2.61. The van der Waals surface area contributed by atoms with Crippen LogP contribution in [0.5, 0.6) is 11.5 Å². The van der Waals surface area contributed by atoms with Crippen LogP contribution >= 0.6 is 23.4 Å². The molecular weight excluding hydrogens is 530 g/mol. The maximum atomic E-state index is 12.9. The maximum Gasteiger partial charge on any atom is 0.294 e. The molecule has 0 atom stereocenters. The number of amides is 4. The second-order valence-electron chi connectivity index (χ2n) is 8.80. The van der Waals surface area contributed by atoms with Gasteiger partial charge in [-0.25, -0.2) is 0 Å². The lowest BCUT2D eigenvalue weighted by Crippen LogP contribution is -2.36. The van der Waals surface area contributed by atoms with Gasteiger partial charge in [0.15, 0.2) is 18.1 Å². The number of halogens is 1. The minimum absolute atomic E-state index is 0.0720. The standard InChI is InChI=1S/C27H28ClN3O6S/c1-3-36-22-12-18(7-9-21(22)37-16-25(33)30-10-4-5-11-30)13-23-26(34)31(27(35)38-23)15-24(32)29-19-8-6-17(2)20(28)14-19/h6-9,12-14H,3-5,10-11,15-16H2,1-2H3,(H,29,32)/b23-13-. The number of nitrogens with zero attached hydrogens (tertiary/aromatic N) is 2. The van der Waals surface area contributed by atoms with Crippen molar-refractivity contribution in [3.63, 3.8) is 0 Å². The lowest BCUT2D eigenvalue weighted by molar-refractivity contribution is -0.132. The van der Waals surface area contributed by atoms with Crippen LogP contribution < -0.4 is 14.8 Å². The van der Waals surface area contributed by atoms with Gasteiger partial charge in [-0.3, -0.25) is 24.1 Å². The third kappa shape index (κ3) is 6.68. The molecule has 2 fully saturated rings. The fraction of sp³-hybridized carbons (Fsp3) is 0.333. The van der Waals surface area contributed by atoms with E-state index in [1.165, 1.54) is 0 Å². The van der Waals surface area contributed by atoms with Crippen molar-refractivity contribution < 1.29 is 28.7 Å². The molecule has 1 N–H and O–H groups in total. The normalized spacial score (nSPS) is 16.3. The first-order chi connectivity index (χ1) is 18.2. The zero-order chi connectivity index (χ0) is 27.2. The van der Waals surface area contributed by atoms with Gasteiger partial charge in [-0.15, -0.1) is 0 Å². The number of thioether (sulfide) groups is 1. The Balaban J connectivity index is 1.41. The highest BCUT2D eigenvalue weighted by atomic mass is 35.5. The number of rotatable bonds is 9. The summed E-state index contributed by atoms with van der Waals surface area (Å²) in [7, 11) is 0. The molecule has 0 aliphatic carbocycles. The highest BCUT2D eigenvalue weighted by molar-refractivity contribution is 8.18. The van der Waals surface area contributed by atoms with Crippen LogP contribution in [0.3, 0.4) is 0 Å². The first-order valence-corrected chi connectivity index (χ1v) is 13.4. The van der Waals surface area contributed by atoms with Gasteiger partial charge in [-0.05, 0) is 79.9 Å². The van der Waals surface area contributed by atoms with Gasteiger partial charge in [0, 0.05) is 23.8 Å². The van der Waals surface area contributed by atoms with E-state index in [4.69, 9.17) is 21.1 Å². The van der Waals surface area contributed by atoms with Gasteiger partial charge in [0.2, 0.25) is 5.91 Å². The Labute approximate surface area is 230 Å². The van der Waals surface area contributed by atoms with Crippen LogP contribution in [0.25, 0.3) is 6.08 Å². The summed E-state index contributed by atoms with van der Waals surface area (Å²) < 4.78 is 11.4. The number of imide groups is 1. The Morgan fingerprint density at radius 2 is 1.84 bits per heavy atom. The van der Waals surface area contributed by atoms with Gasteiger partial charge >= 0.3 is 0 Å². The number of ether oxygens (including phenoxy) is 2. The summed E-state index contributed by atoms with van der Waals surface area (Å²) in [5.74, 6) is -0.316. The van der Waals surface area contributed by atoms with Crippen LogP contribution in [0.1, 0.15) is 30.9 Å². The van der Waals surface area contributed by atoms with Crippen molar-refractivity contribution in [1.29, 1.82) is 0 Å². The summed E-state index contributed by atoms with van der Waals surface area (Å²) in [5.41, 5.74) is 1.94. The van der Waals surface area contributed by atoms with Gasteiger partial charge in [-0.2, -0.15) is 0 Å². The largest absolute Gasteiger partial charge is 0.490 e. The van der Waals surface area contributed by atoms with E-state index in [1.54, 1.807) is 47.4 Å². The van der Waals surface area contributed by atoms with E-state index in [0.29, 0.717) is 34.4 Å². The summed E-state index contributed by atoms with van der Waals surface area (Å²) in [4.78, 5) is 53.1. The minimum atomic E-state index is -0.563. The molecule has 2 heterocycles. The molecular formula is C27H28ClN3O6S. The summed E-state index contributed by atoms with van der Waals surface area (Å²) in [6.45, 7) is 5.02. The van der Waals surface area contributed by atoms with Gasteiger partial charge in [0.25, 0.3) is 17.1 Å². The van der Waals surface area contributed by atoms with Crippen LogP contribution in [-0.4, -0.2) is 65.6 Å². The summed E-state index contributed by atoms with van der Waals surface area (Å²) in [6.07, 6.45) is 3.56. The highest BCUT2D eigenvalue weighted by Crippen LogP contribution is 2.35. The van der Waals surface area contributed by atoms with Crippen LogP contribution in [-0.2, 0) is 14.4 Å². The van der Waals surface area contributed by atoms with E-state index in [-0.39, 0.29) is 17.4 Å². The smallest absolute Gasteiger partial charge is 0.294 e. The number of hydrogen-bond acceptors (Lipinski definition) is 7. The number of nitrogens with one attached hydrogen (secondary N) is 1. The van der Waals surface area contributed by atoms with Crippen LogP contribution in [0.15, 0.2) is 41.3 Å². The summed E-state index contributed by atoms with van der Waals surface area (Å²) in [6, 6.07) is 10.1. The predicted octanol–water partition coefficient (Wildman–Crippen LogP) is 4.72. The zero-order valence-electron chi connectivity index (χ0n) is 21.1. The second-order valence-corrected chi connectivity index (χ2v) is 10.2. The molecule has 9 nitrogen and oxygen atoms in total. The SMILES string of the molecule is CCOc1cc(/C=C2\SC(=O)N(CC(=O)Nc3ccc(C)c(Cl)c3)C2=O)ccc1OCC(=O)N1CCCC1. The third-order valence-electron chi connectivity index (χ3n) is 6.01. The molecule has 0 unspecified atom stereocenters. The van der Waals surface area contributed by atoms with Gasteiger partial charge in [0.05, 0.1) is 11.5 Å². The van der Waals surface area contributed by atoms with E-state index < -0.39 is 23.6 Å². The Hall–Kier alpha value is -3.50. The van der Waals surface area contributed by atoms with E-state index in [9.17, 15) is 19.2 Å². The molecule has 0 saturated carbocycles. The summed E-state index contributed by atoms with van der Waals surface area (Å²) >= 11 is 6.85. The monoisotopic (exact) mass is 557 g/mol. The van der Waals surface area contributed by atoms with Gasteiger partial charge < -0.3 is 19.7 Å². The number of likely N-dealkylation sites (tertiary alicyclic amines) is 1. The van der Waals surface area contributed by atoms with Crippen molar-refractivity contribution in [3.8, 4) is 11.5 Å². The van der Waals surface area contributed by atoms with Gasteiger partial charge in [0.1, 0.15) is 6.54 Å². The Morgan fingerprint density at radius 1 is 1.08 bits per heavy atom. The molecule has 4 amide bonds. The van der Waals surface area contributed by atoms with E-state index in [0.717, 1.165) is 48.2 Å². The Bertz CT molecular complexity index is 1290. The lowest BCUT2D eigenvalue weighted by atomic mass is 10.2. The first kappa shape index (κ1) is 27.5. The molecule has 38 heavy (non-hydrogen) atoms. The van der Waals surface area contributed by atoms with Crippen molar-refractivity contribution in [2.24, 2.45) is 0 Å². The molecule has 0 bridgehead atoms. The van der Waals surface area contributed by atoms with Crippen molar-refractivity contribution in [2.45, 2.75) is 26.7 Å². The molecule has 2 aromatic rings. The Morgan fingerprint density at radius 3 is 2.55 bits per heavy atom. The number of anilines is 1. The zero-order valence-corrected chi connectivity index (χ0v) is 22.7. The molecule has 200 valence electrons. The van der Waals surface area contributed by atoms with Crippen molar-refractivity contribution in [2.75, 3.05) is 38.2 Å². The highest BCUT2D eigenvalue weighted by Gasteiger charge is 2.36. The predicted molar refractivity (Wildman–Crippen MR) is 146 cm³/mol. The molecule has 0 radical (unpaired) electrons. The number of hydrogen-bond donors (Lipinski definition) is 1. The molecule has 4 rings (SSSR count). The number of carbonyl (C=O) groups is 4. The second kappa shape index (κ2) is 12.4. The minimum Gasteiger partial charge on any atom is -0.490 e. The van der Waals surface area contributed by atoms with Gasteiger partial charge in [-0.1, -0.05) is 23.7 Å². The fourth-order valence-corrected chi connectivity index (χ4v) is 5.02. The lowest BCUT2D eigenvalue weighted by Gasteiger charge is -2.17. The molecule has 0 spiro atoms. The number of benzene rings is 2. The quantitative estimate of drug-likeness (QED) is 0.445. The van der Waals surface area contributed by atoms with Crippen molar-refractivity contribution in [1.82, 2.24) is 9.80 Å². The first-order valence-electron chi connectivity index (χ1n) is 12.2. The van der Waals surface area contributed by atoms with E-state index in [1.807, 2.05) is 13.8 Å². The molecule has 0 aromatic heterocycles. The molecule has 2 saturated heterocycles.